The van der Waals surface area contributed by atoms with E-state index in [9.17, 15) is 0 Å². The summed E-state index contributed by atoms with van der Waals surface area (Å²) in [7, 11) is 1.64. The average molecular weight is 292 g/mol. The molecule has 114 valence electrons. The van der Waals surface area contributed by atoms with Crippen LogP contribution in [0.15, 0.2) is 4.52 Å². The van der Waals surface area contributed by atoms with Crippen molar-refractivity contribution in [3.05, 3.63) is 23.0 Å². The van der Waals surface area contributed by atoms with Gasteiger partial charge in [0.1, 0.15) is 5.82 Å². The number of nitrogen functional groups attached to an aromatic ring is 1. The molecule has 2 heterocycles. The molecule has 21 heavy (non-hydrogen) atoms. The molecule has 0 fully saturated rings. The summed E-state index contributed by atoms with van der Waals surface area (Å²) in [5.41, 5.74) is 7.59. The van der Waals surface area contributed by atoms with Crippen molar-refractivity contribution in [1.82, 2.24) is 20.1 Å². The van der Waals surface area contributed by atoms with Crippen LogP contribution < -0.4 is 11.1 Å². The van der Waals surface area contributed by atoms with Crippen molar-refractivity contribution in [3.63, 3.8) is 0 Å². The Balaban J connectivity index is 2.04. The fraction of sp³-hybridized carbons (Fsp3) is 0.538. The molecule has 0 bridgehead atoms. The van der Waals surface area contributed by atoms with Crippen LogP contribution in [0, 0.1) is 6.92 Å². The number of rotatable bonds is 7. The fourth-order valence-electron chi connectivity index (χ4n) is 2.00. The van der Waals surface area contributed by atoms with Crippen molar-refractivity contribution in [2.45, 2.75) is 33.2 Å². The molecule has 0 aromatic carbocycles. The lowest BCUT2D eigenvalue weighted by Gasteiger charge is -2.11. The zero-order valence-electron chi connectivity index (χ0n) is 12.5. The monoisotopic (exact) mass is 292 g/mol. The van der Waals surface area contributed by atoms with Crippen LogP contribution in [0.2, 0.25) is 0 Å². The molecular weight excluding hydrogens is 272 g/mol. The summed E-state index contributed by atoms with van der Waals surface area (Å²) in [5.74, 6) is 2.08. The first-order valence-electron chi connectivity index (χ1n) is 6.81. The Morgan fingerprint density at radius 2 is 2.10 bits per heavy atom. The maximum absolute atomic E-state index is 5.68. The van der Waals surface area contributed by atoms with E-state index in [0.717, 1.165) is 17.7 Å². The average Bonchev–Trinajstić information content (AvgIpc) is 2.90. The molecule has 2 rings (SSSR count). The summed E-state index contributed by atoms with van der Waals surface area (Å²) < 4.78 is 10.1. The van der Waals surface area contributed by atoms with Gasteiger partial charge in [-0.2, -0.15) is 9.97 Å². The summed E-state index contributed by atoms with van der Waals surface area (Å²) >= 11 is 0. The molecule has 2 aromatic rings. The number of aromatic nitrogens is 4. The summed E-state index contributed by atoms with van der Waals surface area (Å²) in [4.78, 5) is 12.6. The zero-order chi connectivity index (χ0) is 15.2. The Hall–Kier alpha value is -2.22. The second kappa shape index (κ2) is 6.98. The molecule has 8 heteroatoms. The van der Waals surface area contributed by atoms with Gasteiger partial charge in [-0.05, 0) is 13.3 Å². The van der Waals surface area contributed by atoms with Crippen LogP contribution >= 0.6 is 0 Å². The minimum Gasteiger partial charge on any atom is -0.384 e. The van der Waals surface area contributed by atoms with E-state index in [0.29, 0.717) is 37.1 Å². The first-order valence-corrected chi connectivity index (χ1v) is 6.81. The minimum atomic E-state index is 0.249. The van der Waals surface area contributed by atoms with Gasteiger partial charge in [-0.3, -0.25) is 0 Å². The number of nitrogens with zero attached hydrogens (tertiary/aromatic N) is 4. The van der Waals surface area contributed by atoms with Gasteiger partial charge in [-0.15, -0.1) is 0 Å². The fourth-order valence-corrected chi connectivity index (χ4v) is 2.00. The Morgan fingerprint density at radius 1 is 1.29 bits per heavy atom. The Bertz CT molecular complexity index is 598. The molecular formula is C13H20N6O2. The van der Waals surface area contributed by atoms with Crippen LogP contribution in [0.4, 0.5) is 11.8 Å². The molecule has 0 aliphatic rings. The van der Waals surface area contributed by atoms with Gasteiger partial charge in [0.2, 0.25) is 11.8 Å². The van der Waals surface area contributed by atoms with Crippen LogP contribution in [-0.2, 0) is 24.1 Å². The van der Waals surface area contributed by atoms with E-state index in [-0.39, 0.29) is 5.95 Å². The highest BCUT2D eigenvalue weighted by molar-refractivity contribution is 5.49. The topological polar surface area (TPSA) is 112 Å². The number of nitrogens with one attached hydrogen (secondary N) is 1. The predicted molar refractivity (Wildman–Crippen MR) is 77.8 cm³/mol. The van der Waals surface area contributed by atoms with E-state index in [1.165, 1.54) is 0 Å². The number of hydrogen-bond donors (Lipinski definition) is 2. The maximum Gasteiger partial charge on any atom is 0.245 e. The van der Waals surface area contributed by atoms with Gasteiger partial charge in [-0.25, -0.2) is 4.98 Å². The predicted octanol–water partition coefficient (Wildman–Crippen LogP) is 1.11. The SMILES string of the molecule is CCc1c(C)nc(N)nc1NCc1nc(CCOC)no1. The molecule has 0 atom stereocenters. The van der Waals surface area contributed by atoms with Crippen LogP contribution in [0.25, 0.3) is 0 Å². The summed E-state index contributed by atoms with van der Waals surface area (Å²) in [5, 5.41) is 7.05. The number of nitrogens with two attached hydrogens (primary N) is 1. The van der Waals surface area contributed by atoms with Crippen molar-refractivity contribution in [3.8, 4) is 0 Å². The van der Waals surface area contributed by atoms with Crippen molar-refractivity contribution in [2.24, 2.45) is 0 Å². The van der Waals surface area contributed by atoms with Crippen molar-refractivity contribution in [1.29, 1.82) is 0 Å². The molecule has 2 aromatic heterocycles. The largest absolute Gasteiger partial charge is 0.384 e. The smallest absolute Gasteiger partial charge is 0.245 e. The lowest BCUT2D eigenvalue weighted by atomic mass is 10.1. The summed E-state index contributed by atoms with van der Waals surface area (Å²) in [6, 6.07) is 0. The van der Waals surface area contributed by atoms with Crippen LogP contribution in [0.5, 0.6) is 0 Å². The third-order valence-corrected chi connectivity index (χ3v) is 3.03. The van der Waals surface area contributed by atoms with Crippen LogP contribution in [0.1, 0.15) is 29.9 Å². The zero-order valence-corrected chi connectivity index (χ0v) is 12.5. The first-order chi connectivity index (χ1) is 10.1. The van der Waals surface area contributed by atoms with Gasteiger partial charge in [0.05, 0.1) is 13.2 Å². The molecule has 0 aliphatic carbocycles. The molecule has 8 nitrogen and oxygen atoms in total. The number of ether oxygens (including phenoxy) is 1. The minimum absolute atomic E-state index is 0.249. The highest BCUT2D eigenvalue weighted by Gasteiger charge is 2.11. The number of methoxy groups -OCH3 is 1. The normalized spacial score (nSPS) is 10.8. The Labute approximate surface area is 123 Å². The van der Waals surface area contributed by atoms with Gasteiger partial charge in [0.25, 0.3) is 0 Å². The standard InChI is InChI=1S/C13H20N6O2/c1-4-9-8(2)16-13(14)18-12(9)15-7-11-17-10(19-21-11)5-6-20-3/h4-7H2,1-3H3,(H3,14,15,16,18). The Kier molecular flexibility index (Phi) is 5.04. The van der Waals surface area contributed by atoms with E-state index in [4.69, 9.17) is 15.0 Å². The van der Waals surface area contributed by atoms with E-state index in [1.807, 2.05) is 13.8 Å². The number of anilines is 2. The van der Waals surface area contributed by atoms with Crippen LogP contribution in [0.3, 0.4) is 0 Å². The van der Waals surface area contributed by atoms with Crippen molar-refractivity contribution < 1.29 is 9.26 Å². The molecule has 0 unspecified atom stereocenters. The van der Waals surface area contributed by atoms with Gasteiger partial charge in [0, 0.05) is 24.8 Å². The first kappa shape index (κ1) is 15.2. The second-order valence-corrected chi connectivity index (χ2v) is 4.55. The third kappa shape index (κ3) is 3.88. The molecule has 0 saturated carbocycles. The summed E-state index contributed by atoms with van der Waals surface area (Å²) in [6.45, 7) is 4.91. The van der Waals surface area contributed by atoms with Gasteiger partial charge in [0.15, 0.2) is 5.82 Å². The molecule has 0 radical (unpaired) electrons. The lowest BCUT2D eigenvalue weighted by Crippen LogP contribution is -2.10. The van der Waals surface area contributed by atoms with E-state index in [1.54, 1.807) is 7.11 Å². The molecule has 3 N–H and O–H groups in total. The highest BCUT2D eigenvalue weighted by Crippen LogP contribution is 2.18. The van der Waals surface area contributed by atoms with Gasteiger partial charge >= 0.3 is 0 Å². The summed E-state index contributed by atoms with van der Waals surface area (Å²) in [6.07, 6.45) is 1.44. The molecule has 0 saturated heterocycles. The molecule has 0 spiro atoms. The third-order valence-electron chi connectivity index (χ3n) is 3.03. The highest BCUT2D eigenvalue weighted by atomic mass is 16.5. The van der Waals surface area contributed by atoms with E-state index in [2.05, 4.69) is 25.4 Å². The Morgan fingerprint density at radius 3 is 2.81 bits per heavy atom. The van der Waals surface area contributed by atoms with Gasteiger partial charge in [-0.1, -0.05) is 12.1 Å². The molecule has 0 aliphatic heterocycles. The lowest BCUT2D eigenvalue weighted by molar-refractivity contribution is 0.199. The van der Waals surface area contributed by atoms with Crippen molar-refractivity contribution in [2.75, 3.05) is 24.8 Å². The van der Waals surface area contributed by atoms with E-state index < -0.39 is 0 Å². The second-order valence-electron chi connectivity index (χ2n) is 4.55. The molecule has 0 amide bonds. The number of hydrogen-bond acceptors (Lipinski definition) is 8. The van der Waals surface area contributed by atoms with Gasteiger partial charge < -0.3 is 20.3 Å². The van der Waals surface area contributed by atoms with E-state index >= 15 is 0 Å². The van der Waals surface area contributed by atoms with Crippen LogP contribution in [-0.4, -0.2) is 33.8 Å². The quantitative estimate of drug-likeness (QED) is 0.780. The maximum atomic E-state index is 5.68. The van der Waals surface area contributed by atoms with Crippen molar-refractivity contribution >= 4 is 11.8 Å². The number of aryl methyl sites for hydroxylation is 1.